The summed E-state index contributed by atoms with van der Waals surface area (Å²) in [5.74, 6) is -0.0240. The van der Waals surface area contributed by atoms with Crippen molar-refractivity contribution in [1.29, 1.82) is 0 Å². The molecular weight excluding hydrogens is 537 g/mol. The molecule has 5 heterocycles. The topological polar surface area (TPSA) is 117 Å². The van der Waals surface area contributed by atoms with Gasteiger partial charge in [0.25, 0.3) is 0 Å². The molecular formula is C28H35F3N8O2. The van der Waals surface area contributed by atoms with Gasteiger partial charge < -0.3 is 20.1 Å². The van der Waals surface area contributed by atoms with Gasteiger partial charge in [-0.05, 0) is 43.9 Å². The Labute approximate surface area is 236 Å². The van der Waals surface area contributed by atoms with Gasteiger partial charge in [-0.1, -0.05) is 6.92 Å². The van der Waals surface area contributed by atoms with Crippen LogP contribution in [-0.2, 0) is 19.3 Å². The monoisotopic (exact) mass is 572 g/mol. The van der Waals surface area contributed by atoms with E-state index in [1.54, 1.807) is 13.0 Å². The summed E-state index contributed by atoms with van der Waals surface area (Å²) in [4.78, 5) is 17.9. The maximum atomic E-state index is 13.5. The first kappa shape index (κ1) is 29.0. The number of H-pyrrole nitrogens is 1. The van der Waals surface area contributed by atoms with E-state index in [4.69, 9.17) is 4.74 Å². The standard InChI is InChI=1S/C28H35F3N8O2/c1-3-21(15-39-14-20(13-36-39)26-23-4-7-32-27(23)35-17-34-26)38-8-5-22(6-9-38)41-25-11-19(12-33-18(2)16-40)10-24(37-25)28(29,30)31/h4,7,10-11,13-14,17-18,21-22,33,40H,3,5-6,8-9,12,15-16H2,1-2H3,(H,32,34,35)/t18-,21-/m0/s1. The summed E-state index contributed by atoms with van der Waals surface area (Å²) < 4.78 is 48.4. The van der Waals surface area contributed by atoms with E-state index in [1.807, 2.05) is 29.3 Å². The van der Waals surface area contributed by atoms with Crippen molar-refractivity contribution in [3.05, 3.63) is 54.4 Å². The van der Waals surface area contributed by atoms with Gasteiger partial charge in [-0.15, -0.1) is 0 Å². The summed E-state index contributed by atoms with van der Waals surface area (Å²) in [5, 5.41) is 17.7. The van der Waals surface area contributed by atoms with Crippen LogP contribution in [0.5, 0.6) is 5.88 Å². The number of likely N-dealkylation sites (tertiary alicyclic amines) is 1. The summed E-state index contributed by atoms with van der Waals surface area (Å²) in [6, 6.07) is 4.52. The van der Waals surface area contributed by atoms with Crippen LogP contribution in [0.25, 0.3) is 22.3 Å². The van der Waals surface area contributed by atoms with Crippen molar-refractivity contribution >= 4 is 11.0 Å². The van der Waals surface area contributed by atoms with Crippen LogP contribution in [0.1, 0.15) is 44.4 Å². The minimum absolute atomic E-state index is 0.0240. The van der Waals surface area contributed by atoms with Crippen molar-refractivity contribution in [3.8, 4) is 17.1 Å². The van der Waals surface area contributed by atoms with Crippen molar-refractivity contribution in [2.45, 2.75) is 70.6 Å². The summed E-state index contributed by atoms with van der Waals surface area (Å²) in [5.41, 5.74) is 1.96. The van der Waals surface area contributed by atoms with Crippen LogP contribution in [0.15, 0.2) is 43.1 Å². The summed E-state index contributed by atoms with van der Waals surface area (Å²) in [6.07, 6.45) is 4.67. The molecule has 0 bridgehead atoms. The first-order valence-corrected chi connectivity index (χ1v) is 13.9. The van der Waals surface area contributed by atoms with E-state index in [9.17, 15) is 18.3 Å². The third kappa shape index (κ3) is 7.03. The second-order valence-corrected chi connectivity index (χ2v) is 10.5. The van der Waals surface area contributed by atoms with Crippen LogP contribution in [-0.4, -0.2) is 77.6 Å². The molecule has 41 heavy (non-hydrogen) atoms. The number of nitrogens with zero attached hydrogens (tertiary/aromatic N) is 6. The summed E-state index contributed by atoms with van der Waals surface area (Å²) in [6.45, 7) is 6.18. The van der Waals surface area contributed by atoms with Gasteiger partial charge in [0, 0.05) is 61.1 Å². The fraction of sp³-hybridized carbons (Fsp3) is 0.500. The first-order valence-electron chi connectivity index (χ1n) is 13.9. The average molecular weight is 573 g/mol. The van der Waals surface area contributed by atoms with E-state index in [-0.39, 0.29) is 37.2 Å². The van der Waals surface area contributed by atoms with Gasteiger partial charge in [0.05, 0.1) is 25.0 Å². The zero-order chi connectivity index (χ0) is 29.0. The molecule has 1 saturated heterocycles. The number of alkyl halides is 3. The lowest BCUT2D eigenvalue weighted by molar-refractivity contribution is -0.141. The number of hydrogen-bond acceptors (Lipinski definition) is 8. The Morgan fingerprint density at radius 1 is 1.22 bits per heavy atom. The van der Waals surface area contributed by atoms with E-state index < -0.39 is 11.9 Å². The number of rotatable bonds is 11. The predicted molar refractivity (Wildman–Crippen MR) is 147 cm³/mol. The van der Waals surface area contributed by atoms with Gasteiger partial charge in [0.2, 0.25) is 5.88 Å². The van der Waals surface area contributed by atoms with Crippen molar-refractivity contribution < 1.29 is 23.0 Å². The fourth-order valence-corrected chi connectivity index (χ4v) is 5.16. The van der Waals surface area contributed by atoms with Gasteiger partial charge in [-0.25, -0.2) is 15.0 Å². The molecule has 13 heteroatoms. The zero-order valence-electron chi connectivity index (χ0n) is 23.1. The number of pyridine rings is 1. The highest BCUT2D eigenvalue weighted by Gasteiger charge is 2.34. The molecule has 0 radical (unpaired) electrons. The number of aliphatic hydroxyl groups excluding tert-OH is 1. The molecule has 0 spiro atoms. The molecule has 10 nitrogen and oxygen atoms in total. The number of piperidine rings is 1. The molecule has 4 aromatic heterocycles. The molecule has 0 aromatic carbocycles. The number of fused-ring (bicyclic) bond motifs is 1. The van der Waals surface area contributed by atoms with E-state index in [1.165, 1.54) is 6.33 Å². The predicted octanol–water partition coefficient (Wildman–Crippen LogP) is 4.03. The zero-order valence-corrected chi connectivity index (χ0v) is 23.1. The van der Waals surface area contributed by atoms with Crippen molar-refractivity contribution in [1.82, 2.24) is 39.9 Å². The second-order valence-electron chi connectivity index (χ2n) is 10.5. The lowest BCUT2D eigenvalue weighted by Gasteiger charge is -2.37. The maximum absolute atomic E-state index is 13.5. The minimum Gasteiger partial charge on any atom is -0.474 e. The third-order valence-electron chi connectivity index (χ3n) is 7.49. The fourth-order valence-electron chi connectivity index (χ4n) is 5.16. The quantitative estimate of drug-likeness (QED) is 0.247. The number of aliphatic hydroxyl groups is 1. The van der Waals surface area contributed by atoms with E-state index in [2.05, 4.69) is 42.2 Å². The number of aromatic nitrogens is 6. The normalized spacial score (nSPS) is 16.7. The van der Waals surface area contributed by atoms with Crippen LogP contribution in [0.2, 0.25) is 0 Å². The highest BCUT2D eigenvalue weighted by Crippen LogP contribution is 2.31. The third-order valence-corrected chi connectivity index (χ3v) is 7.49. The smallest absolute Gasteiger partial charge is 0.433 e. The van der Waals surface area contributed by atoms with E-state index in [0.717, 1.165) is 47.9 Å². The van der Waals surface area contributed by atoms with Crippen molar-refractivity contribution in [2.24, 2.45) is 0 Å². The van der Waals surface area contributed by atoms with Crippen LogP contribution < -0.4 is 10.1 Å². The molecule has 0 unspecified atom stereocenters. The molecule has 0 saturated carbocycles. The van der Waals surface area contributed by atoms with Crippen LogP contribution in [0.3, 0.4) is 0 Å². The highest BCUT2D eigenvalue weighted by atomic mass is 19.4. The molecule has 4 aromatic rings. The molecule has 0 aliphatic carbocycles. The lowest BCUT2D eigenvalue weighted by Crippen LogP contribution is -2.45. The second kappa shape index (κ2) is 12.5. The Morgan fingerprint density at radius 3 is 2.76 bits per heavy atom. The van der Waals surface area contributed by atoms with Crippen molar-refractivity contribution in [2.75, 3.05) is 19.7 Å². The van der Waals surface area contributed by atoms with Gasteiger partial charge in [0.1, 0.15) is 23.8 Å². The maximum Gasteiger partial charge on any atom is 0.433 e. The molecule has 2 atom stereocenters. The van der Waals surface area contributed by atoms with Gasteiger partial charge in [-0.2, -0.15) is 18.3 Å². The SMILES string of the molecule is CC[C@@H](Cn1cc(-c2ncnc3[nH]ccc23)cn1)N1CCC(Oc2cc(CN[C@@H](C)CO)cc(C(F)(F)F)n2)CC1. The number of hydrogen-bond donors (Lipinski definition) is 3. The van der Waals surface area contributed by atoms with E-state index >= 15 is 0 Å². The van der Waals surface area contributed by atoms with E-state index in [0.29, 0.717) is 24.9 Å². The molecule has 1 fully saturated rings. The molecule has 0 amide bonds. The van der Waals surface area contributed by atoms with Crippen molar-refractivity contribution in [3.63, 3.8) is 0 Å². The Hall–Kier alpha value is -3.55. The summed E-state index contributed by atoms with van der Waals surface area (Å²) in [7, 11) is 0. The Kier molecular flexibility index (Phi) is 8.85. The van der Waals surface area contributed by atoms with Gasteiger partial charge in [-0.3, -0.25) is 9.58 Å². The Bertz CT molecular complexity index is 1430. The Morgan fingerprint density at radius 2 is 2.02 bits per heavy atom. The summed E-state index contributed by atoms with van der Waals surface area (Å²) >= 11 is 0. The number of nitrogens with one attached hydrogen (secondary N) is 2. The average Bonchev–Trinajstić information content (AvgIpc) is 3.64. The van der Waals surface area contributed by atoms with Crippen LogP contribution >= 0.6 is 0 Å². The number of halogens is 3. The lowest BCUT2D eigenvalue weighted by atomic mass is 10.0. The number of aromatic amines is 1. The molecule has 220 valence electrons. The molecule has 5 rings (SSSR count). The molecule has 3 N–H and O–H groups in total. The minimum atomic E-state index is -4.58. The van der Waals surface area contributed by atoms with Crippen LogP contribution in [0.4, 0.5) is 13.2 Å². The van der Waals surface area contributed by atoms with Gasteiger partial charge in [0.15, 0.2) is 0 Å². The Balaban J connectivity index is 1.20. The largest absolute Gasteiger partial charge is 0.474 e. The first-order chi connectivity index (χ1) is 19.7. The highest BCUT2D eigenvalue weighted by molar-refractivity contribution is 5.89. The van der Waals surface area contributed by atoms with Crippen LogP contribution in [0, 0.1) is 0 Å². The van der Waals surface area contributed by atoms with Gasteiger partial charge >= 0.3 is 6.18 Å². The number of ether oxygens (including phenoxy) is 1. The molecule has 1 aliphatic heterocycles. The molecule has 1 aliphatic rings.